The molecule has 0 aromatic carbocycles. The van der Waals surface area contributed by atoms with Crippen LogP contribution in [0.1, 0.15) is 10.5 Å². The molecule has 0 saturated carbocycles. The Morgan fingerprint density at radius 2 is 2.31 bits per heavy atom. The van der Waals surface area contributed by atoms with E-state index in [1.807, 2.05) is 0 Å². The van der Waals surface area contributed by atoms with Gasteiger partial charge in [-0.25, -0.2) is 9.67 Å². The lowest BCUT2D eigenvalue weighted by Gasteiger charge is -2.02. The normalized spacial score (nSPS) is 10.1. The molecule has 2 rings (SSSR count). The topological polar surface area (TPSA) is 85.8 Å². The number of anilines is 1. The van der Waals surface area contributed by atoms with Crippen molar-refractivity contribution >= 4 is 11.6 Å². The zero-order valence-electron chi connectivity index (χ0n) is 8.71. The molecule has 3 N–H and O–H groups in total. The van der Waals surface area contributed by atoms with Crippen LogP contribution in [0.4, 0.5) is 5.69 Å². The number of hydrogen-bond acceptors (Lipinski definition) is 4. The number of rotatable bonds is 2. The van der Waals surface area contributed by atoms with Crippen LogP contribution < -0.4 is 11.1 Å². The molecule has 0 fully saturated rings. The molecule has 2 heterocycles. The van der Waals surface area contributed by atoms with Gasteiger partial charge in [0.1, 0.15) is 0 Å². The van der Waals surface area contributed by atoms with Crippen molar-refractivity contribution in [3.05, 3.63) is 36.3 Å². The van der Waals surface area contributed by atoms with Gasteiger partial charge in [-0.3, -0.25) is 4.79 Å². The van der Waals surface area contributed by atoms with Crippen LogP contribution in [0.5, 0.6) is 0 Å². The molecule has 0 spiro atoms. The molecule has 82 valence electrons. The molecule has 0 aliphatic rings. The SMILES string of the molecule is CNC(=O)c1ccn(-c2ncccc2N)n1. The van der Waals surface area contributed by atoms with E-state index in [9.17, 15) is 4.79 Å². The van der Waals surface area contributed by atoms with E-state index >= 15 is 0 Å². The number of nitrogens with two attached hydrogens (primary N) is 1. The zero-order valence-corrected chi connectivity index (χ0v) is 8.71. The lowest BCUT2D eigenvalue weighted by Crippen LogP contribution is -2.18. The van der Waals surface area contributed by atoms with Crippen LogP contribution in [-0.2, 0) is 0 Å². The van der Waals surface area contributed by atoms with Crippen molar-refractivity contribution in [3.63, 3.8) is 0 Å². The van der Waals surface area contributed by atoms with E-state index in [-0.39, 0.29) is 5.91 Å². The monoisotopic (exact) mass is 217 g/mol. The molecule has 2 aromatic heterocycles. The number of pyridine rings is 1. The Morgan fingerprint density at radius 3 is 3.00 bits per heavy atom. The number of nitrogen functional groups attached to an aromatic ring is 1. The third kappa shape index (κ3) is 1.72. The Morgan fingerprint density at radius 1 is 1.50 bits per heavy atom. The van der Waals surface area contributed by atoms with Crippen LogP contribution in [0.2, 0.25) is 0 Å². The molecule has 2 aromatic rings. The van der Waals surface area contributed by atoms with Crippen LogP contribution >= 0.6 is 0 Å². The molecule has 0 unspecified atom stereocenters. The van der Waals surface area contributed by atoms with Gasteiger partial charge in [-0.1, -0.05) is 0 Å². The summed E-state index contributed by atoms with van der Waals surface area (Å²) in [5.74, 6) is 0.269. The molecule has 1 amide bonds. The van der Waals surface area contributed by atoms with Crippen molar-refractivity contribution in [3.8, 4) is 5.82 Å². The molecule has 0 saturated heterocycles. The lowest BCUT2D eigenvalue weighted by molar-refractivity contribution is 0.0957. The van der Waals surface area contributed by atoms with Crippen LogP contribution in [0.25, 0.3) is 5.82 Å². The minimum absolute atomic E-state index is 0.242. The number of aromatic nitrogens is 3. The second kappa shape index (κ2) is 4.01. The summed E-state index contributed by atoms with van der Waals surface area (Å²) in [7, 11) is 1.55. The first-order valence-electron chi connectivity index (χ1n) is 4.71. The summed E-state index contributed by atoms with van der Waals surface area (Å²) >= 11 is 0. The lowest BCUT2D eigenvalue weighted by atomic mass is 10.4. The van der Waals surface area contributed by atoms with Gasteiger partial charge in [0.15, 0.2) is 11.5 Å². The fraction of sp³-hybridized carbons (Fsp3) is 0.100. The second-order valence-corrected chi connectivity index (χ2v) is 3.14. The Hall–Kier alpha value is -2.37. The summed E-state index contributed by atoms with van der Waals surface area (Å²) in [6.45, 7) is 0. The fourth-order valence-corrected chi connectivity index (χ4v) is 1.29. The first kappa shape index (κ1) is 10.2. The van der Waals surface area contributed by atoms with Crippen molar-refractivity contribution in [1.29, 1.82) is 0 Å². The Bertz CT molecular complexity index is 519. The van der Waals surface area contributed by atoms with Gasteiger partial charge in [-0.2, -0.15) is 5.10 Å². The van der Waals surface area contributed by atoms with E-state index in [4.69, 9.17) is 5.73 Å². The minimum Gasteiger partial charge on any atom is -0.396 e. The number of carbonyl (C=O) groups excluding carboxylic acids is 1. The average molecular weight is 217 g/mol. The largest absolute Gasteiger partial charge is 0.396 e. The Balaban J connectivity index is 2.39. The quantitative estimate of drug-likeness (QED) is 0.752. The first-order chi connectivity index (χ1) is 7.72. The third-order valence-electron chi connectivity index (χ3n) is 2.08. The molecule has 0 radical (unpaired) electrons. The van der Waals surface area contributed by atoms with Gasteiger partial charge >= 0.3 is 0 Å². The molecular formula is C10H11N5O. The van der Waals surface area contributed by atoms with E-state index in [1.54, 1.807) is 37.6 Å². The van der Waals surface area contributed by atoms with Gasteiger partial charge in [0.25, 0.3) is 5.91 Å². The van der Waals surface area contributed by atoms with E-state index in [0.717, 1.165) is 0 Å². The van der Waals surface area contributed by atoms with Crippen molar-refractivity contribution in [1.82, 2.24) is 20.1 Å². The summed E-state index contributed by atoms with van der Waals surface area (Å²) in [6.07, 6.45) is 3.26. The Kier molecular flexibility index (Phi) is 2.55. The van der Waals surface area contributed by atoms with E-state index in [2.05, 4.69) is 15.4 Å². The molecular weight excluding hydrogens is 206 g/mol. The predicted molar refractivity (Wildman–Crippen MR) is 59.2 cm³/mol. The summed E-state index contributed by atoms with van der Waals surface area (Å²) in [5, 5.41) is 6.57. The zero-order chi connectivity index (χ0) is 11.5. The number of hydrogen-bond donors (Lipinski definition) is 2. The molecule has 16 heavy (non-hydrogen) atoms. The first-order valence-corrected chi connectivity index (χ1v) is 4.71. The maximum Gasteiger partial charge on any atom is 0.271 e. The maximum atomic E-state index is 11.3. The highest BCUT2D eigenvalue weighted by atomic mass is 16.1. The molecule has 0 bridgehead atoms. The van der Waals surface area contributed by atoms with Crippen molar-refractivity contribution < 1.29 is 4.79 Å². The van der Waals surface area contributed by atoms with Crippen molar-refractivity contribution in [2.45, 2.75) is 0 Å². The van der Waals surface area contributed by atoms with Gasteiger partial charge in [-0.15, -0.1) is 0 Å². The van der Waals surface area contributed by atoms with Crippen molar-refractivity contribution in [2.24, 2.45) is 0 Å². The van der Waals surface area contributed by atoms with E-state index in [0.29, 0.717) is 17.2 Å². The Labute approximate surface area is 92.1 Å². The molecule has 0 atom stereocenters. The van der Waals surface area contributed by atoms with Gasteiger partial charge in [0, 0.05) is 19.4 Å². The van der Waals surface area contributed by atoms with Crippen LogP contribution in [-0.4, -0.2) is 27.7 Å². The highest BCUT2D eigenvalue weighted by Crippen LogP contribution is 2.12. The summed E-state index contributed by atoms with van der Waals surface area (Å²) in [4.78, 5) is 15.4. The number of carbonyl (C=O) groups is 1. The third-order valence-corrected chi connectivity index (χ3v) is 2.08. The number of nitrogens with one attached hydrogen (secondary N) is 1. The van der Waals surface area contributed by atoms with Gasteiger partial charge in [-0.05, 0) is 18.2 Å². The average Bonchev–Trinajstić information content (AvgIpc) is 2.78. The highest BCUT2D eigenvalue weighted by Gasteiger charge is 2.09. The molecule has 0 aliphatic heterocycles. The maximum absolute atomic E-state index is 11.3. The molecule has 0 aliphatic carbocycles. The fourth-order valence-electron chi connectivity index (χ4n) is 1.29. The number of nitrogens with zero attached hydrogens (tertiary/aromatic N) is 3. The van der Waals surface area contributed by atoms with Gasteiger partial charge < -0.3 is 11.1 Å². The predicted octanol–water partition coefficient (Wildman–Crippen LogP) is 0.209. The van der Waals surface area contributed by atoms with E-state index < -0.39 is 0 Å². The standard InChI is InChI=1S/C10H11N5O/c1-12-10(16)8-4-6-15(14-8)9-7(11)3-2-5-13-9/h2-6H,11H2,1H3,(H,12,16). The minimum atomic E-state index is -0.242. The van der Waals surface area contributed by atoms with Crippen molar-refractivity contribution in [2.75, 3.05) is 12.8 Å². The number of amides is 1. The van der Waals surface area contributed by atoms with Crippen LogP contribution in [0.3, 0.4) is 0 Å². The summed E-state index contributed by atoms with van der Waals surface area (Å²) in [5.41, 5.74) is 6.58. The second-order valence-electron chi connectivity index (χ2n) is 3.14. The molecule has 6 heteroatoms. The van der Waals surface area contributed by atoms with Gasteiger partial charge in [0.05, 0.1) is 5.69 Å². The summed E-state index contributed by atoms with van der Waals surface area (Å²) in [6, 6.07) is 5.07. The smallest absolute Gasteiger partial charge is 0.271 e. The van der Waals surface area contributed by atoms with Crippen LogP contribution in [0.15, 0.2) is 30.6 Å². The molecule has 6 nitrogen and oxygen atoms in total. The van der Waals surface area contributed by atoms with E-state index in [1.165, 1.54) is 4.68 Å². The van der Waals surface area contributed by atoms with Crippen LogP contribution in [0, 0.1) is 0 Å². The summed E-state index contributed by atoms with van der Waals surface area (Å²) < 4.78 is 1.47. The highest BCUT2D eigenvalue weighted by molar-refractivity contribution is 5.91. The van der Waals surface area contributed by atoms with Gasteiger partial charge in [0.2, 0.25) is 0 Å².